The number of furan rings is 2. The molecule has 2 N–H and O–H groups in total. The van der Waals surface area contributed by atoms with E-state index in [1.165, 1.54) is 25.7 Å². The third kappa shape index (κ3) is 3.66. The Labute approximate surface area is 142 Å². The van der Waals surface area contributed by atoms with Crippen molar-refractivity contribution in [2.45, 2.75) is 44.7 Å². The highest BCUT2D eigenvalue weighted by molar-refractivity contribution is 5.80. The van der Waals surface area contributed by atoms with Crippen molar-refractivity contribution >= 4 is 5.96 Å². The molecule has 2 heterocycles. The molecule has 5 nitrogen and oxygen atoms in total. The average Bonchev–Trinajstić information content (AvgIpc) is 3.36. The van der Waals surface area contributed by atoms with Crippen molar-refractivity contribution in [3.63, 3.8) is 0 Å². The summed E-state index contributed by atoms with van der Waals surface area (Å²) in [6.07, 6.45) is 9.70. The summed E-state index contributed by atoms with van der Waals surface area (Å²) in [5.74, 6) is 4.50. The van der Waals surface area contributed by atoms with Crippen LogP contribution in [0.1, 0.15) is 37.2 Å². The Morgan fingerprint density at radius 3 is 2.58 bits per heavy atom. The second-order valence-corrected chi connectivity index (χ2v) is 6.93. The zero-order chi connectivity index (χ0) is 16.2. The molecule has 2 bridgehead atoms. The Morgan fingerprint density at radius 1 is 1.08 bits per heavy atom. The summed E-state index contributed by atoms with van der Waals surface area (Å²) in [6, 6.07) is 8.36. The molecule has 0 radical (unpaired) electrons. The fourth-order valence-corrected chi connectivity index (χ4v) is 4.07. The minimum absolute atomic E-state index is 0.559. The van der Waals surface area contributed by atoms with Crippen LogP contribution in [0.2, 0.25) is 0 Å². The molecule has 0 saturated heterocycles. The molecule has 3 unspecified atom stereocenters. The SMILES string of the molecule is c1coc(CCNC(=NCc2ccco2)NC2CC3CCC2C3)c1. The lowest BCUT2D eigenvalue weighted by atomic mass is 9.95. The minimum atomic E-state index is 0.559. The van der Waals surface area contributed by atoms with Gasteiger partial charge in [-0.25, -0.2) is 4.99 Å². The predicted octanol–water partition coefficient (Wildman–Crippen LogP) is 3.34. The number of hydrogen-bond donors (Lipinski definition) is 2. The maximum atomic E-state index is 5.39. The zero-order valence-electron chi connectivity index (χ0n) is 13.9. The van der Waals surface area contributed by atoms with E-state index in [1.807, 2.05) is 24.3 Å². The Bertz CT molecular complexity index is 648. The Kier molecular flexibility index (Phi) is 4.58. The number of nitrogens with one attached hydrogen (secondary N) is 2. The van der Waals surface area contributed by atoms with Crippen LogP contribution in [0.3, 0.4) is 0 Å². The van der Waals surface area contributed by atoms with Crippen LogP contribution in [0, 0.1) is 11.8 Å². The quantitative estimate of drug-likeness (QED) is 0.631. The van der Waals surface area contributed by atoms with Gasteiger partial charge in [-0.2, -0.15) is 0 Å². The van der Waals surface area contributed by atoms with E-state index in [9.17, 15) is 0 Å². The van der Waals surface area contributed by atoms with Crippen LogP contribution in [0.25, 0.3) is 0 Å². The summed E-state index contributed by atoms with van der Waals surface area (Å²) in [7, 11) is 0. The van der Waals surface area contributed by atoms with Crippen LogP contribution in [-0.2, 0) is 13.0 Å². The van der Waals surface area contributed by atoms with Gasteiger partial charge in [-0.3, -0.25) is 0 Å². The second kappa shape index (κ2) is 7.16. The summed E-state index contributed by atoms with van der Waals surface area (Å²) in [5.41, 5.74) is 0. The van der Waals surface area contributed by atoms with Gasteiger partial charge in [-0.15, -0.1) is 0 Å². The Morgan fingerprint density at radius 2 is 1.92 bits per heavy atom. The van der Waals surface area contributed by atoms with Crippen LogP contribution in [-0.4, -0.2) is 18.5 Å². The lowest BCUT2D eigenvalue weighted by Gasteiger charge is -2.25. The highest BCUT2D eigenvalue weighted by Crippen LogP contribution is 2.44. The van der Waals surface area contributed by atoms with Gasteiger partial charge in [-0.1, -0.05) is 6.42 Å². The number of rotatable bonds is 6. The molecular weight excluding hydrogens is 302 g/mol. The van der Waals surface area contributed by atoms with Crippen LogP contribution >= 0.6 is 0 Å². The fraction of sp³-hybridized carbons (Fsp3) is 0.526. The van der Waals surface area contributed by atoms with Crippen molar-refractivity contribution in [1.82, 2.24) is 10.6 Å². The van der Waals surface area contributed by atoms with E-state index < -0.39 is 0 Å². The Hall–Kier alpha value is -2.17. The van der Waals surface area contributed by atoms with Crippen molar-refractivity contribution in [3.05, 3.63) is 48.3 Å². The summed E-state index contributed by atoms with van der Waals surface area (Å²) < 4.78 is 10.8. The molecule has 2 saturated carbocycles. The summed E-state index contributed by atoms with van der Waals surface area (Å²) in [6.45, 7) is 1.36. The van der Waals surface area contributed by atoms with Crippen molar-refractivity contribution in [2.24, 2.45) is 16.8 Å². The van der Waals surface area contributed by atoms with Gasteiger partial charge in [0.1, 0.15) is 18.1 Å². The number of hydrogen-bond acceptors (Lipinski definition) is 3. The monoisotopic (exact) mass is 327 g/mol. The number of nitrogens with zero attached hydrogens (tertiary/aromatic N) is 1. The molecular formula is C19H25N3O2. The first-order valence-corrected chi connectivity index (χ1v) is 8.96. The molecule has 24 heavy (non-hydrogen) atoms. The summed E-state index contributed by atoms with van der Waals surface area (Å²) in [4.78, 5) is 4.70. The highest BCUT2D eigenvalue weighted by Gasteiger charge is 2.39. The van der Waals surface area contributed by atoms with E-state index in [2.05, 4.69) is 10.6 Å². The Balaban J connectivity index is 1.35. The first-order chi connectivity index (χ1) is 11.9. The van der Waals surface area contributed by atoms with Gasteiger partial charge in [0.15, 0.2) is 5.96 Å². The van der Waals surface area contributed by atoms with Gasteiger partial charge in [0, 0.05) is 19.0 Å². The van der Waals surface area contributed by atoms with E-state index in [0.717, 1.165) is 42.3 Å². The van der Waals surface area contributed by atoms with Gasteiger partial charge in [0.05, 0.1) is 12.5 Å². The molecule has 0 aromatic carbocycles. The van der Waals surface area contributed by atoms with E-state index >= 15 is 0 Å². The van der Waals surface area contributed by atoms with Crippen LogP contribution in [0.15, 0.2) is 50.6 Å². The first kappa shape index (κ1) is 15.4. The van der Waals surface area contributed by atoms with Crippen LogP contribution in [0.5, 0.6) is 0 Å². The van der Waals surface area contributed by atoms with Gasteiger partial charge >= 0.3 is 0 Å². The molecule has 5 heteroatoms. The van der Waals surface area contributed by atoms with Crippen molar-refractivity contribution < 1.29 is 8.83 Å². The number of fused-ring (bicyclic) bond motifs is 2. The van der Waals surface area contributed by atoms with E-state index in [-0.39, 0.29) is 0 Å². The standard InChI is InChI=1S/C19H25N3O2/c1-3-16(23-9-1)7-8-20-19(21-13-17-4-2-10-24-17)22-18-12-14-5-6-15(18)11-14/h1-4,9-10,14-15,18H,5-8,11-13H2,(H2,20,21,22). The maximum absolute atomic E-state index is 5.39. The normalized spacial score (nSPS) is 26.0. The summed E-state index contributed by atoms with van der Waals surface area (Å²) >= 11 is 0. The molecule has 3 atom stereocenters. The van der Waals surface area contributed by atoms with E-state index in [4.69, 9.17) is 13.8 Å². The van der Waals surface area contributed by atoms with Gasteiger partial charge in [0.2, 0.25) is 0 Å². The van der Waals surface area contributed by atoms with Crippen LogP contribution in [0.4, 0.5) is 0 Å². The van der Waals surface area contributed by atoms with E-state index in [0.29, 0.717) is 12.6 Å². The van der Waals surface area contributed by atoms with Crippen molar-refractivity contribution in [3.8, 4) is 0 Å². The van der Waals surface area contributed by atoms with Crippen molar-refractivity contribution in [2.75, 3.05) is 6.54 Å². The molecule has 128 valence electrons. The van der Waals surface area contributed by atoms with Gasteiger partial charge < -0.3 is 19.5 Å². The molecule has 2 aliphatic carbocycles. The average molecular weight is 327 g/mol. The fourth-order valence-electron chi connectivity index (χ4n) is 4.07. The predicted molar refractivity (Wildman–Crippen MR) is 92.6 cm³/mol. The van der Waals surface area contributed by atoms with Crippen LogP contribution < -0.4 is 10.6 Å². The molecule has 2 aromatic rings. The molecule has 2 aromatic heterocycles. The second-order valence-electron chi connectivity index (χ2n) is 6.93. The molecule has 2 fully saturated rings. The maximum Gasteiger partial charge on any atom is 0.191 e. The van der Waals surface area contributed by atoms with Gasteiger partial charge in [0.25, 0.3) is 0 Å². The summed E-state index contributed by atoms with van der Waals surface area (Å²) in [5, 5.41) is 7.10. The lowest BCUT2D eigenvalue weighted by Crippen LogP contribution is -2.46. The first-order valence-electron chi connectivity index (χ1n) is 8.96. The lowest BCUT2D eigenvalue weighted by molar-refractivity contribution is 0.386. The van der Waals surface area contributed by atoms with Gasteiger partial charge in [-0.05, 0) is 55.4 Å². The van der Waals surface area contributed by atoms with Crippen molar-refractivity contribution in [1.29, 1.82) is 0 Å². The van der Waals surface area contributed by atoms with E-state index in [1.54, 1.807) is 12.5 Å². The third-order valence-corrected chi connectivity index (χ3v) is 5.28. The molecule has 2 aliphatic rings. The molecule has 0 spiro atoms. The molecule has 0 aliphatic heterocycles. The largest absolute Gasteiger partial charge is 0.469 e. The number of guanidine groups is 1. The third-order valence-electron chi connectivity index (χ3n) is 5.28. The topological polar surface area (TPSA) is 62.7 Å². The smallest absolute Gasteiger partial charge is 0.191 e. The molecule has 4 rings (SSSR count). The highest BCUT2D eigenvalue weighted by atomic mass is 16.3. The number of aliphatic imine (C=N–C) groups is 1. The zero-order valence-corrected chi connectivity index (χ0v) is 13.9. The molecule has 0 amide bonds. The minimum Gasteiger partial charge on any atom is -0.469 e.